The molecule has 1 fully saturated rings. The minimum Gasteiger partial charge on any atom is -0.346 e. The van der Waals surface area contributed by atoms with Gasteiger partial charge in [0.25, 0.3) is 0 Å². The molecule has 2 heterocycles. The standard InChI is InChI=1S/C12H20N4OS/c1-2-10(13)11(17)15-5-3-6-16(8-7-15)12-14-4-9-18-12/h4,9-10H,2-3,5-8,13H2,1H3/t10-/m0/s1. The van der Waals surface area contributed by atoms with Crippen molar-refractivity contribution in [2.45, 2.75) is 25.8 Å². The van der Waals surface area contributed by atoms with E-state index in [0.29, 0.717) is 6.42 Å². The molecular formula is C12H20N4OS. The Labute approximate surface area is 112 Å². The van der Waals surface area contributed by atoms with Crippen LogP contribution in [-0.2, 0) is 4.79 Å². The first-order valence-electron chi connectivity index (χ1n) is 6.41. The zero-order chi connectivity index (χ0) is 13.0. The molecule has 6 heteroatoms. The number of aromatic nitrogens is 1. The fourth-order valence-corrected chi connectivity index (χ4v) is 2.81. The molecule has 0 spiro atoms. The van der Waals surface area contributed by atoms with Crippen LogP contribution in [0, 0.1) is 0 Å². The summed E-state index contributed by atoms with van der Waals surface area (Å²) in [6.45, 7) is 5.29. The Morgan fingerprint density at radius 3 is 3.00 bits per heavy atom. The molecule has 1 aromatic rings. The molecule has 0 radical (unpaired) electrons. The highest BCUT2D eigenvalue weighted by atomic mass is 32.1. The summed E-state index contributed by atoms with van der Waals surface area (Å²) < 4.78 is 0. The number of amides is 1. The van der Waals surface area contributed by atoms with Crippen LogP contribution in [0.25, 0.3) is 0 Å². The summed E-state index contributed by atoms with van der Waals surface area (Å²) in [5.41, 5.74) is 5.81. The Bertz CT molecular complexity index is 381. The first kappa shape index (κ1) is 13.3. The third-order valence-electron chi connectivity index (χ3n) is 3.25. The highest BCUT2D eigenvalue weighted by Crippen LogP contribution is 2.19. The van der Waals surface area contributed by atoms with E-state index in [-0.39, 0.29) is 11.9 Å². The van der Waals surface area contributed by atoms with E-state index >= 15 is 0 Å². The zero-order valence-electron chi connectivity index (χ0n) is 10.7. The molecule has 5 nitrogen and oxygen atoms in total. The van der Waals surface area contributed by atoms with Crippen LogP contribution in [0.3, 0.4) is 0 Å². The van der Waals surface area contributed by atoms with Crippen LogP contribution in [0.2, 0.25) is 0 Å². The molecule has 0 aliphatic carbocycles. The van der Waals surface area contributed by atoms with Gasteiger partial charge in [-0.15, -0.1) is 11.3 Å². The van der Waals surface area contributed by atoms with Gasteiger partial charge >= 0.3 is 0 Å². The van der Waals surface area contributed by atoms with Gasteiger partial charge in [0.05, 0.1) is 6.04 Å². The lowest BCUT2D eigenvalue weighted by molar-refractivity contribution is -0.132. The number of anilines is 1. The lowest BCUT2D eigenvalue weighted by Gasteiger charge is -2.24. The van der Waals surface area contributed by atoms with Crippen LogP contribution in [0.15, 0.2) is 11.6 Å². The number of nitrogens with zero attached hydrogens (tertiary/aromatic N) is 3. The number of carbonyl (C=O) groups is 1. The monoisotopic (exact) mass is 268 g/mol. The van der Waals surface area contributed by atoms with Crippen LogP contribution in [-0.4, -0.2) is 48.0 Å². The maximum absolute atomic E-state index is 12.0. The lowest BCUT2D eigenvalue weighted by Crippen LogP contribution is -2.45. The van der Waals surface area contributed by atoms with Crippen molar-refractivity contribution in [1.29, 1.82) is 0 Å². The van der Waals surface area contributed by atoms with Gasteiger partial charge in [-0.05, 0) is 12.8 Å². The average molecular weight is 268 g/mol. The molecule has 1 saturated heterocycles. The maximum atomic E-state index is 12.0. The van der Waals surface area contributed by atoms with Gasteiger partial charge in [0.1, 0.15) is 0 Å². The summed E-state index contributed by atoms with van der Waals surface area (Å²) in [7, 11) is 0. The van der Waals surface area contributed by atoms with Crippen LogP contribution in [0.5, 0.6) is 0 Å². The second kappa shape index (κ2) is 6.15. The molecule has 1 amide bonds. The molecule has 1 aliphatic heterocycles. The fraction of sp³-hybridized carbons (Fsp3) is 0.667. The Morgan fingerprint density at radius 1 is 1.50 bits per heavy atom. The molecule has 1 aliphatic rings. The summed E-state index contributed by atoms with van der Waals surface area (Å²) in [5.74, 6) is 0.0819. The van der Waals surface area contributed by atoms with Crippen molar-refractivity contribution in [1.82, 2.24) is 9.88 Å². The molecule has 1 atom stereocenters. The SMILES string of the molecule is CC[C@H](N)C(=O)N1CCCN(c2nccs2)CC1. The highest BCUT2D eigenvalue weighted by molar-refractivity contribution is 7.13. The molecule has 2 N–H and O–H groups in total. The summed E-state index contributed by atoms with van der Waals surface area (Å²) >= 11 is 1.65. The number of nitrogens with two attached hydrogens (primary N) is 1. The third-order valence-corrected chi connectivity index (χ3v) is 4.09. The van der Waals surface area contributed by atoms with Gasteiger partial charge in [0.15, 0.2) is 5.13 Å². The summed E-state index contributed by atoms with van der Waals surface area (Å²) in [6.07, 6.45) is 3.49. The minimum absolute atomic E-state index is 0.0819. The molecule has 0 unspecified atom stereocenters. The highest BCUT2D eigenvalue weighted by Gasteiger charge is 2.23. The van der Waals surface area contributed by atoms with E-state index in [1.165, 1.54) is 0 Å². The molecule has 1 aromatic heterocycles. The number of carbonyl (C=O) groups excluding carboxylic acids is 1. The second-order valence-electron chi connectivity index (χ2n) is 4.50. The third kappa shape index (κ3) is 3.00. The molecule has 100 valence electrons. The topological polar surface area (TPSA) is 62.5 Å². The smallest absolute Gasteiger partial charge is 0.239 e. The zero-order valence-corrected chi connectivity index (χ0v) is 11.5. The van der Waals surface area contributed by atoms with Gasteiger partial charge in [-0.25, -0.2) is 4.98 Å². The Kier molecular flexibility index (Phi) is 4.54. The molecule has 18 heavy (non-hydrogen) atoms. The van der Waals surface area contributed by atoms with E-state index in [1.54, 1.807) is 11.3 Å². The largest absolute Gasteiger partial charge is 0.346 e. The molecular weight excluding hydrogens is 248 g/mol. The summed E-state index contributed by atoms with van der Waals surface area (Å²) in [5, 5.41) is 3.03. The first-order chi connectivity index (χ1) is 8.72. The van der Waals surface area contributed by atoms with Crippen LogP contribution in [0.4, 0.5) is 5.13 Å². The van der Waals surface area contributed by atoms with Gasteiger partial charge in [0, 0.05) is 37.8 Å². The van der Waals surface area contributed by atoms with Gasteiger partial charge in [-0.1, -0.05) is 6.92 Å². The number of hydrogen-bond donors (Lipinski definition) is 1. The second-order valence-corrected chi connectivity index (χ2v) is 5.37. The van der Waals surface area contributed by atoms with Crippen molar-refractivity contribution in [3.8, 4) is 0 Å². The van der Waals surface area contributed by atoms with Gasteiger partial charge in [0.2, 0.25) is 5.91 Å². The molecule has 0 aromatic carbocycles. The fourth-order valence-electron chi connectivity index (χ4n) is 2.11. The first-order valence-corrected chi connectivity index (χ1v) is 7.29. The van der Waals surface area contributed by atoms with E-state index in [9.17, 15) is 4.79 Å². The molecule has 2 rings (SSSR count). The van der Waals surface area contributed by atoms with E-state index < -0.39 is 0 Å². The minimum atomic E-state index is -0.351. The summed E-state index contributed by atoms with van der Waals surface area (Å²) in [6, 6.07) is -0.351. The van der Waals surface area contributed by atoms with Crippen molar-refractivity contribution in [2.24, 2.45) is 5.73 Å². The van der Waals surface area contributed by atoms with Gasteiger partial charge in [-0.2, -0.15) is 0 Å². The quantitative estimate of drug-likeness (QED) is 0.885. The Hall–Kier alpha value is -1.14. The van der Waals surface area contributed by atoms with Gasteiger partial charge in [-0.3, -0.25) is 4.79 Å². The predicted octanol–water partition coefficient (Wildman–Crippen LogP) is 0.919. The van der Waals surface area contributed by atoms with E-state index in [0.717, 1.165) is 37.7 Å². The average Bonchev–Trinajstić information content (AvgIpc) is 2.82. The van der Waals surface area contributed by atoms with Crippen molar-refractivity contribution in [3.05, 3.63) is 11.6 Å². The number of hydrogen-bond acceptors (Lipinski definition) is 5. The van der Waals surface area contributed by atoms with Crippen LogP contribution >= 0.6 is 11.3 Å². The predicted molar refractivity (Wildman–Crippen MR) is 73.8 cm³/mol. The van der Waals surface area contributed by atoms with Crippen molar-refractivity contribution in [3.63, 3.8) is 0 Å². The Balaban J connectivity index is 1.94. The normalized spacial score (nSPS) is 18.6. The van der Waals surface area contributed by atoms with E-state index in [4.69, 9.17) is 5.73 Å². The van der Waals surface area contributed by atoms with Gasteiger partial charge < -0.3 is 15.5 Å². The Morgan fingerprint density at radius 2 is 2.33 bits per heavy atom. The van der Waals surface area contributed by atoms with Crippen LogP contribution < -0.4 is 10.6 Å². The summed E-state index contributed by atoms with van der Waals surface area (Å²) in [4.78, 5) is 20.5. The van der Waals surface area contributed by atoms with Crippen molar-refractivity contribution >= 4 is 22.4 Å². The maximum Gasteiger partial charge on any atom is 0.239 e. The van der Waals surface area contributed by atoms with E-state index in [2.05, 4.69) is 9.88 Å². The number of thiazole rings is 1. The van der Waals surface area contributed by atoms with Crippen molar-refractivity contribution in [2.75, 3.05) is 31.1 Å². The lowest BCUT2D eigenvalue weighted by atomic mass is 10.2. The van der Waals surface area contributed by atoms with Crippen molar-refractivity contribution < 1.29 is 4.79 Å². The molecule has 0 bridgehead atoms. The van der Waals surface area contributed by atoms with Crippen LogP contribution in [0.1, 0.15) is 19.8 Å². The molecule has 0 saturated carbocycles. The number of rotatable bonds is 3. The van der Waals surface area contributed by atoms with E-state index in [1.807, 2.05) is 23.4 Å².